The van der Waals surface area contributed by atoms with E-state index in [0.29, 0.717) is 6.61 Å². The molecule has 0 fully saturated rings. The Labute approximate surface area is 299 Å². The largest absolute Gasteiger partial charge is 0.379 e. The predicted octanol–water partition coefficient (Wildman–Crippen LogP) is 13.2. The molecule has 0 N–H and O–H groups in total. The number of allylic oxidation sites excluding steroid dienone is 16. The van der Waals surface area contributed by atoms with Crippen LogP contribution in [0.2, 0.25) is 0 Å². The highest BCUT2D eigenvalue weighted by Crippen LogP contribution is 2.06. The maximum atomic E-state index is 6.17. The van der Waals surface area contributed by atoms with Crippen molar-refractivity contribution in [2.24, 2.45) is 0 Å². The van der Waals surface area contributed by atoms with Crippen LogP contribution in [0.25, 0.3) is 0 Å². The molecule has 0 amide bonds. The van der Waals surface area contributed by atoms with Crippen molar-refractivity contribution < 1.29 is 9.47 Å². The topological polar surface area (TPSA) is 21.7 Å². The Morgan fingerprint density at radius 1 is 0.417 bits per heavy atom. The van der Waals surface area contributed by atoms with Crippen LogP contribution in [0.1, 0.15) is 142 Å². The molecule has 0 radical (unpaired) electrons. The molecular formula is C45H77NO2. The van der Waals surface area contributed by atoms with Crippen molar-refractivity contribution in [3.8, 4) is 0 Å². The maximum Gasteiger partial charge on any atom is 0.0934 e. The monoisotopic (exact) mass is 664 g/mol. The van der Waals surface area contributed by atoms with Gasteiger partial charge in [-0.15, -0.1) is 0 Å². The van der Waals surface area contributed by atoms with E-state index in [2.05, 4.69) is 130 Å². The number of rotatable bonds is 35. The fourth-order valence-electron chi connectivity index (χ4n) is 5.01. The summed E-state index contributed by atoms with van der Waals surface area (Å²) in [7, 11) is 4.19. The fraction of sp³-hybridized carbons (Fsp3) is 0.644. The molecule has 0 saturated carbocycles. The molecule has 274 valence electrons. The van der Waals surface area contributed by atoms with Gasteiger partial charge in [-0.1, -0.05) is 150 Å². The molecule has 3 nitrogen and oxygen atoms in total. The number of unbranched alkanes of at least 4 members (excludes halogenated alkanes) is 10. The van der Waals surface area contributed by atoms with Crippen molar-refractivity contribution in [1.82, 2.24) is 4.90 Å². The summed E-state index contributed by atoms with van der Waals surface area (Å²) in [5.41, 5.74) is 0. The number of ether oxygens (including phenoxy) is 2. The Hall–Kier alpha value is -2.20. The molecule has 0 rings (SSSR count). The number of nitrogens with zero attached hydrogens (tertiary/aromatic N) is 1. The van der Waals surface area contributed by atoms with E-state index in [0.717, 1.165) is 84.0 Å². The van der Waals surface area contributed by atoms with Crippen molar-refractivity contribution in [1.29, 1.82) is 0 Å². The van der Waals surface area contributed by atoms with Gasteiger partial charge in [0, 0.05) is 19.8 Å². The maximum absolute atomic E-state index is 6.17. The van der Waals surface area contributed by atoms with Gasteiger partial charge in [-0.3, -0.25) is 0 Å². The molecule has 0 aromatic carbocycles. The van der Waals surface area contributed by atoms with E-state index in [4.69, 9.17) is 9.47 Å². The molecule has 1 unspecified atom stereocenters. The number of hydrogen-bond donors (Lipinski definition) is 0. The minimum absolute atomic E-state index is 0.127. The van der Waals surface area contributed by atoms with E-state index < -0.39 is 0 Å². The number of likely N-dealkylation sites (N-methyl/N-ethyl adjacent to an activating group) is 1. The highest BCUT2D eigenvalue weighted by molar-refractivity contribution is 5.00. The lowest BCUT2D eigenvalue weighted by molar-refractivity contribution is -0.0277. The molecular weight excluding hydrogens is 587 g/mol. The van der Waals surface area contributed by atoms with Crippen LogP contribution in [-0.2, 0) is 9.47 Å². The SMILES string of the molecule is CCCCCC/C=C\C/C=C\C/C=C\C/C=C\CCCOCC(CN(C)C)OCCC/C=C\C/C=C\C/C=C\C/C=C\CCCCCC. The standard InChI is InChI=1S/C45H77NO2/c1-5-7-9-11-13-15-17-19-21-23-25-27-29-31-33-35-37-39-41-47-44-45(43-46(3)4)48-42-40-38-36-34-32-30-28-26-24-22-20-18-16-14-12-10-8-6-2/h15-18,21-24,27-30,33-36,45H,5-14,19-20,25-26,31-32,37-44H2,1-4H3/b17-15-,18-16-,23-21-,24-22-,29-27-,30-28-,35-33-,36-34-. The molecule has 0 aromatic rings. The van der Waals surface area contributed by atoms with Crippen LogP contribution in [0.15, 0.2) is 97.2 Å². The van der Waals surface area contributed by atoms with Crippen molar-refractivity contribution >= 4 is 0 Å². The van der Waals surface area contributed by atoms with Crippen LogP contribution in [0.3, 0.4) is 0 Å². The van der Waals surface area contributed by atoms with Gasteiger partial charge >= 0.3 is 0 Å². The van der Waals surface area contributed by atoms with E-state index >= 15 is 0 Å². The molecule has 0 spiro atoms. The second kappa shape index (κ2) is 41.0. The minimum atomic E-state index is 0.127. The Morgan fingerprint density at radius 3 is 1.15 bits per heavy atom. The summed E-state index contributed by atoms with van der Waals surface area (Å²) in [5.74, 6) is 0. The molecule has 1 atom stereocenters. The van der Waals surface area contributed by atoms with Gasteiger partial charge in [-0.2, -0.15) is 0 Å². The van der Waals surface area contributed by atoms with Crippen LogP contribution in [0.5, 0.6) is 0 Å². The molecule has 3 heteroatoms. The van der Waals surface area contributed by atoms with Crippen LogP contribution in [-0.4, -0.2) is 51.5 Å². The zero-order valence-corrected chi connectivity index (χ0v) is 32.0. The van der Waals surface area contributed by atoms with Gasteiger partial charge in [-0.25, -0.2) is 0 Å². The molecule has 0 saturated heterocycles. The van der Waals surface area contributed by atoms with Crippen molar-refractivity contribution in [3.05, 3.63) is 97.2 Å². The first-order valence-electron chi connectivity index (χ1n) is 19.7. The van der Waals surface area contributed by atoms with Gasteiger partial charge in [0.05, 0.1) is 12.7 Å². The lowest BCUT2D eigenvalue weighted by Crippen LogP contribution is -2.32. The first-order valence-corrected chi connectivity index (χ1v) is 19.7. The third-order valence-corrected chi connectivity index (χ3v) is 7.82. The van der Waals surface area contributed by atoms with Crippen LogP contribution >= 0.6 is 0 Å². The van der Waals surface area contributed by atoms with Crippen LogP contribution in [0, 0.1) is 0 Å². The van der Waals surface area contributed by atoms with Gasteiger partial charge < -0.3 is 14.4 Å². The summed E-state index contributed by atoms with van der Waals surface area (Å²) in [4.78, 5) is 2.18. The average Bonchev–Trinajstić information content (AvgIpc) is 3.08. The van der Waals surface area contributed by atoms with Gasteiger partial charge in [0.2, 0.25) is 0 Å². The smallest absolute Gasteiger partial charge is 0.0934 e. The van der Waals surface area contributed by atoms with E-state index in [1.807, 2.05) is 0 Å². The van der Waals surface area contributed by atoms with Gasteiger partial charge in [-0.05, 0) is 104 Å². The Bertz CT molecular complexity index is 873. The molecule has 0 aromatic heterocycles. The number of hydrogen-bond acceptors (Lipinski definition) is 3. The van der Waals surface area contributed by atoms with Gasteiger partial charge in [0.1, 0.15) is 0 Å². The molecule has 0 bridgehead atoms. The molecule has 48 heavy (non-hydrogen) atoms. The van der Waals surface area contributed by atoms with Gasteiger partial charge in [0.15, 0.2) is 0 Å². The Kier molecular flexibility index (Phi) is 39.1. The molecule has 0 aliphatic carbocycles. The Morgan fingerprint density at radius 2 is 0.771 bits per heavy atom. The van der Waals surface area contributed by atoms with E-state index in [9.17, 15) is 0 Å². The quantitative estimate of drug-likeness (QED) is 0.0497. The Balaban J connectivity index is 3.78. The molecule has 0 aliphatic heterocycles. The van der Waals surface area contributed by atoms with E-state index in [1.54, 1.807) is 0 Å². The van der Waals surface area contributed by atoms with Crippen LogP contribution < -0.4 is 0 Å². The van der Waals surface area contributed by atoms with Crippen LogP contribution in [0.4, 0.5) is 0 Å². The van der Waals surface area contributed by atoms with Crippen molar-refractivity contribution in [2.45, 2.75) is 148 Å². The second-order valence-electron chi connectivity index (χ2n) is 13.0. The summed E-state index contributed by atoms with van der Waals surface area (Å²) in [6.45, 7) is 7.65. The third kappa shape index (κ3) is 40.0. The van der Waals surface area contributed by atoms with E-state index in [-0.39, 0.29) is 6.10 Å². The first-order chi connectivity index (χ1) is 23.7. The first kappa shape index (κ1) is 45.8. The molecule has 0 aliphatic rings. The summed E-state index contributed by atoms with van der Waals surface area (Å²) in [5, 5.41) is 0. The average molecular weight is 664 g/mol. The summed E-state index contributed by atoms with van der Waals surface area (Å²) in [6, 6.07) is 0. The highest BCUT2D eigenvalue weighted by atomic mass is 16.5. The second-order valence-corrected chi connectivity index (χ2v) is 13.0. The van der Waals surface area contributed by atoms with Crippen molar-refractivity contribution in [2.75, 3.05) is 40.5 Å². The normalized spacial score (nSPS) is 13.8. The third-order valence-electron chi connectivity index (χ3n) is 7.82. The van der Waals surface area contributed by atoms with Crippen molar-refractivity contribution in [3.63, 3.8) is 0 Å². The summed E-state index contributed by atoms with van der Waals surface area (Å²) < 4.78 is 12.1. The predicted molar refractivity (Wildman–Crippen MR) is 216 cm³/mol. The lowest BCUT2D eigenvalue weighted by Gasteiger charge is -2.21. The highest BCUT2D eigenvalue weighted by Gasteiger charge is 2.10. The summed E-state index contributed by atoms with van der Waals surface area (Å²) in [6.07, 6.45) is 60.2. The zero-order chi connectivity index (χ0) is 34.9. The zero-order valence-electron chi connectivity index (χ0n) is 32.0. The summed E-state index contributed by atoms with van der Waals surface area (Å²) >= 11 is 0. The lowest BCUT2D eigenvalue weighted by atomic mass is 10.1. The minimum Gasteiger partial charge on any atom is -0.379 e. The van der Waals surface area contributed by atoms with Gasteiger partial charge in [0.25, 0.3) is 0 Å². The van der Waals surface area contributed by atoms with E-state index in [1.165, 1.54) is 64.2 Å². The molecule has 0 heterocycles. The fourth-order valence-corrected chi connectivity index (χ4v) is 5.01.